The van der Waals surface area contributed by atoms with Gasteiger partial charge in [-0.2, -0.15) is 0 Å². The minimum atomic E-state index is 0.183. The molecule has 0 spiro atoms. The van der Waals surface area contributed by atoms with Crippen LogP contribution in [0.1, 0.15) is 37.9 Å². The topological polar surface area (TPSA) is 34.1 Å². The SMILES string of the molecule is Cc1nc(OC(C)C)ccc1CNC1CC1. The van der Waals surface area contributed by atoms with Crippen molar-refractivity contribution in [1.82, 2.24) is 10.3 Å². The van der Waals surface area contributed by atoms with Gasteiger partial charge in [-0.05, 0) is 39.2 Å². The Balaban J connectivity index is 1.97. The van der Waals surface area contributed by atoms with Crippen LogP contribution in [0.2, 0.25) is 0 Å². The standard InChI is InChI=1S/C13H20N2O/c1-9(2)16-13-7-4-11(10(3)15-13)8-14-12-5-6-12/h4,7,9,12,14H,5-6,8H2,1-3H3. The second-order valence-electron chi connectivity index (χ2n) is 4.72. The summed E-state index contributed by atoms with van der Waals surface area (Å²) in [5.74, 6) is 0.725. The quantitative estimate of drug-likeness (QED) is 0.827. The Bertz CT molecular complexity index is 359. The first-order chi connectivity index (χ1) is 7.65. The first-order valence-electron chi connectivity index (χ1n) is 6.01. The summed E-state index contributed by atoms with van der Waals surface area (Å²) in [6, 6.07) is 4.80. The van der Waals surface area contributed by atoms with Gasteiger partial charge in [0.2, 0.25) is 5.88 Å². The van der Waals surface area contributed by atoms with Crippen molar-refractivity contribution in [3.63, 3.8) is 0 Å². The van der Waals surface area contributed by atoms with Gasteiger partial charge in [-0.1, -0.05) is 6.07 Å². The zero-order valence-electron chi connectivity index (χ0n) is 10.3. The van der Waals surface area contributed by atoms with E-state index in [1.807, 2.05) is 26.8 Å². The molecule has 3 heteroatoms. The van der Waals surface area contributed by atoms with Crippen molar-refractivity contribution in [2.45, 2.75) is 52.3 Å². The Morgan fingerprint density at radius 2 is 2.19 bits per heavy atom. The average molecular weight is 220 g/mol. The Morgan fingerprint density at radius 3 is 2.75 bits per heavy atom. The maximum absolute atomic E-state index is 5.56. The maximum atomic E-state index is 5.56. The highest BCUT2D eigenvalue weighted by Gasteiger charge is 2.20. The van der Waals surface area contributed by atoms with E-state index in [4.69, 9.17) is 4.74 Å². The molecule has 1 aliphatic carbocycles. The van der Waals surface area contributed by atoms with E-state index in [1.165, 1.54) is 18.4 Å². The minimum absolute atomic E-state index is 0.183. The van der Waals surface area contributed by atoms with Crippen molar-refractivity contribution >= 4 is 0 Å². The molecule has 1 aliphatic rings. The number of hydrogen-bond acceptors (Lipinski definition) is 3. The summed E-state index contributed by atoms with van der Waals surface area (Å²) in [6.07, 6.45) is 2.82. The third-order valence-electron chi connectivity index (χ3n) is 2.68. The van der Waals surface area contributed by atoms with E-state index in [2.05, 4.69) is 16.4 Å². The molecule has 3 nitrogen and oxygen atoms in total. The zero-order valence-corrected chi connectivity index (χ0v) is 10.3. The van der Waals surface area contributed by atoms with Crippen LogP contribution in [0.3, 0.4) is 0 Å². The van der Waals surface area contributed by atoms with E-state index in [0.717, 1.165) is 24.2 Å². The smallest absolute Gasteiger partial charge is 0.213 e. The molecule has 2 rings (SSSR count). The monoisotopic (exact) mass is 220 g/mol. The summed E-state index contributed by atoms with van der Waals surface area (Å²) in [4.78, 5) is 4.45. The molecule has 0 saturated heterocycles. The predicted octanol–water partition coefficient (Wildman–Crippen LogP) is 2.43. The van der Waals surface area contributed by atoms with Crippen LogP contribution < -0.4 is 10.1 Å². The number of hydrogen-bond donors (Lipinski definition) is 1. The molecule has 1 fully saturated rings. The first-order valence-corrected chi connectivity index (χ1v) is 6.01. The van der Waals surface area contributed by atoms with Crippen molar-refractivity contribution < 1.29 is 4.74 Å². The van der Waals surface area contributed by atoms with Gasteiger partial charge >= 0.3 is 0 Å². The molecular weight excluding hydrogens is 200 g/mol. The maximum Gasteiger partial charge on any atom is 0.213 e. The van der Waals surface area contributed by atoms with Crippen LogP contribution in [0.25, 0.3) is 0 Å². The molecule has 0 aromatic carbocycles. The van der Waals surface area contributed by atoms with Gasteiger partial charge in [0, 0.05) is 24.3 Å². The Hall–Kier alpha value is -1.09. The van der Waals surface area contributed by atoms with E-state index in [1.54, 1.807) is 0 Å². The van der Waals surface area contributed by atoms with Gasteiger partial charge in [-0.15, -0.1) is 0 Å². The molecule has 1 N–H and O–H groups in total. The van der Waals surface area contributed by atoms with Crippen LogP contribution >= 0.6 is 0 Å². The molecule has 0 aliphatic heterocycles. The number of aromatic nitrogens is 1. The molecule has 1 saturated carbocycles. The molecule has 1 heterocycles. The summed E-state index contributed by atoms with van der Waals surface area (Å²) >= 11 is 0. The predicted molar refractivity (Wildman–Crippen MR) is 64.6 cm³/mol. The van der Waals surface area contributed by atoms with Crippen molar-refractivity contribution in [3.05, 3.63) is 23.4 Å². The number of nitrogens with zero attached hydrogens (tertiary/aromatic N) is 1. The van der Waals surface area contributed by atoms with Gasteiger partial charge in [0.1, 0.15) is 0 Å². The van der Waals surface area contributed by atoms with Crippen molar-refractivity contribution in [1.29, 1.82) is 0 Å². The molecule has 16 heavy (non-hydrogen) atoms. The van der Waals surface area contributed by atoms with Gasteiger partial charge < -0.3 is 10.1 Å². The molecule has 88 valence electrons. The second kappa shape index (κ2) is 4.83. The van der Waals surface area contributed by atoms with E-state index >= 15 is 0 Å². The molecule has 0 bridgehead atoms. The highest BCUT2D eigenvalue weighted by atomic mass is 16.5. The summed E-state index contributed by atoms with van der Waals surface area (Å²) in [5.41, 5.74) is 2.33. The number of ether oxygens (including phenoxy) is 1. The highest BCUT2D eigenvalue weighted by Crippen LogP contribution is 2.20. The van der Waals surface area contributed by atoms with Gasteiger partial charge in [-0.25, -0.2) is 4.98 Å². The lowest BCUT2D eigenvalue weighted by atomic mass is 10.2. The van der Waals surface area contributed by atoms with Gasteiger partial charge in [-0.3, -0.25) is 0 Å². The summed E-state index contributed by atoms with van der Waals surface area (Å²) in [6.45, 7) is 6.99. The first kappa shape index (κ1) is 11.4. The molecule has 0 amide bonds. The zero-order chi connectivity index (χ0) is 11.5. The summed E-state index contributed by atoms with van der Waals surface area (Å²) < 4.78 is 5.56. The van der Waals surface area contributed by atoms with E-state index < -0.39 is 0 Å². The fourth-order valence-electron chi connectivity index (χ4n) is 1.60. The van der Waals surface area contributed by atoms with E-state index in [0.29, 0.717) is 0 Å². The van der Waals surface area contributed by atoms with Crippen LogP contribution in [0.4, 0.5) is 0 Å². The number of pyridine rings is 1. The minimum Gasteiger partial charge on any atom is -0.475 e. The Morgan fingerprint density at radius 1 is 1.44 bits per heavy atom. The molecule has 0 atom stereocenters. The molecule has 0 unspecified atom stereocenters. The lowest BCUT2D eigenvalue weighted by Crippen LogP contribution is -2.16. The lowest BCUT2D eigenvalue weighted by Gasteiger charge is -2.11. The normalized spacial score (nSPS) is 15.5. The van der Waals surface area contributed by atoms with Gasteiger partial charge in [0.25, 0.3) is 0 Å². The Labute approximate surface area is 97.2 Å². The van der Waals surface area contributed by atoms with Crippen LogP contribution in [0, 0.1) is 6.92 Å². The fraction of sp³-hybridized carbons (Fsp3) is 0.615. The van der Waals surface area contributed by atoms with E-state index in [9.17, 15) is 0 Å². The van der Waals surface area contributed by atoms with Gasteiger partial charge in [0.15, 0.2) is 0 Å². The number of aryl methyl sites for hydroxylation is 1. The van der Waals surface area contributed by atoms with Crippen molar-refractivity contribution in [2.75, 3.05) is 0 Å². The second-order valence-corrected chi connectivity index (χ2v) is 4.72. The molecule has 1 aromatic rings. The third-order valence-corrected chi connectivity index (χ3v) is 2.68. The summed E-state index contributed by atoms with van der Waals surface area (Å²) in [5, 5.41) is 3.49. The van der Waals surface area contributed by atoms with Crippen LogP contribution in [0.5, 0.6) is 5.88 Å². The van der Waals surface area contributed by atoms with Crippen molar-refractivity contribution in [3.8, 4) is 5.88 Å². The van der Waals surface area contributed by atoms with Crippen LogP contribution in [-0.2, 0) is 6.54 Å². The molecule has 0 radical (unpaired) electrons. The lowest BCUT2D eigenvalue weighted by molar-refractivity contribution is 0.232. The van der Waals surface area contributed by atoms with Crippen LogP contribution in [0.15, 0.2) is 12.1 Å². The van der Waals surface area contributed by atoms with Crippen molar-refractivity contribution in [2.24, 2.45) is 0 Å². The highest BCUT2D eigenvalue weighted by molar-refractivity contribution is 5.25. The molecular formula is C13H20N2O. The summed E-state index contributed by atoms with van der Waals surface area (Å²) in [7, 11) is 0. The number of rotatable bonds is 5. The largest absolute Gasteiger partial charge is 0.475 e. The van der Waals surface area contributed by atoms with E-state index in [-0.39, 0.29) is 6.10 Å². The molecule has 1 aromatic heterocycles. The Kier molecular flexibility index (Phi) is 3.44. The fourth-order valence-corrected chi connectivity index (χ4v) is 1.60. The number of nitrogens with one attached hydrogen (secondary N) is 1. The van der Waals surface area contributed by atoms with Gasteiger partial charge in [0.05, 0.1) is 6.10 Å². The van der Waals surface area contributed by atoms with Crippen LogP contribution in [-0.4, -0.2) is 17.1 Å². The average Bonchev–Trinajstić information content (AvgIpc) is 2.99. The third kappa shape index (κ3) is 3.20.